The van der Waals surface area contributed by atoms with Gasteiger partial charge in [-0.05, 0) is 45.6 Å². The molecule has 1 saturated carbocycles. The van der Waals surface area contributed by atoms with Crippen LogP contribution in [0.1, 0.15) is 51.8 Å². The van der Waals surface area contributed by atoms with Gasteiger partial charge in [0.2, 0.25) is 5.91 Å². The molecule has 0 N–H and O–H groups in total. The molecule has 1 aliphatic rings. The summed E-state index contributed by atoms with van der Waals surface area (Å²) >= 11 is 6.40. The lowest BCUT2D eigenvalue weighted by atomic mass is 10.2. The molecule has 0 bridgehead atoms. The molecule has 0 spiro atoms. The highest BCUT2D eigenvalue weighted by Gasteiger charge is 2.33. The fourth-order valence-corrected chi connectivity index (χ4v) is 2.98. The first-order valence-corrected chi connectivity index (χ1v) is 8.42. The van der Waals surface area contributed by atoms with Crippen LogP contribution >= 0.6 is 11.6 Å². The predicted molar refractivity (Wildman–Crippen MR) is 90.9 cm³/mol. The summed E-state index contributed by atoms with van der Waals surface area (Å²) in [5.74, 6) is 0.533. The number of hydrogen-bond acceptors (Lipinski definition) is 2. The molecule has 0 radical (unpaired) electrons. The summed E-state index contributed by atoms with van der Waals surface area (Å²) in [4.78, 5) is 14.4. The van der Waals surface area contributed by atoms with Gasteiger partial charge in [0.15, 0.2) is 0 Å². The molecule has 2 rings (SSSR count). The van der Waals surface area contributed by atoms with Gasteiger partial charge in [-0.1, -0.05) is 25.4 Å². The second-order valence-corrected chi connectivity index (χ2v) is 7.13. The largest absolute Gasteiger partial charge is 0.334 e. The van der Waals surface area contributed by atoms with Crippen molar-refractivity contribution < 1.29 is 4.79 Å². The Bertz CT molecular complexity index is 569. The van der Waals surface area contributed by atoms with Crippen molar-refractivity contribution in [2.45, 2.75) is 66.1 Å². The zero-order valence-electron chi connectivity index (χ0n) is 14.1. The number of carbonyl (C=O) groups is 1. The van der Waals surface area contributed by atoms with Crippen molar-refractivity contribution in [2.24, 2.45) is 5.92 Å². The van der Waals surface area contributed by atoms with Crippen LogP contribution in [0.3, 0.4) is 0 Å². The molecule has 1 aliphatic carbocycles. The molecule has 1 aromatic heterocycles. The van der Waals surface area contributed by atoms with E-state index in [2.05, 4.69) is 32.8 Å². The van der Waals surface area contributed by atoms with Crippen molar-refractivity contribution in [1.29, 1.82) is 0 Å². The third-order valence-corrected chi connectivity index (χ3v) is 4.19. The van der Waals surface area contributed by atoms with E-state index in [9.17, 15) is 4.79 Å². The number of rotatable bonds is 6. The number of nitrogens with zero attached hydrogens (tertiary/aromatic N) is 3. The summed E-state index contributed by atoms with van der Waals surface area (Å²) < 4.78 is 1.81. The summed E-state index contributed by atoms with van der Waals surface area (Å²) in [6.45, 7) is 11.1. The molecular weight excluding hydrogens is 298 g/mol. The topological polar surface area (TPSA) is 38.1 Å². The monoisotopic (exact) mass is 323 g/mol. The molecule has 1 aromatic rings. The van der Waals surface area contributed by atoms with E-state index in [0.717, 1.165) is 30.6 Å². The molecular formula is C17H26ClN3O. The standard InChI is InChI=1S/C17H26ClN3O/c1-11(2)10-20-17(18)15(13(5)19-20)8-9-16(22)21(12(3)4)14-6-7-14/h8-9,11-12,14H,6-7,10H2,1-5H3/b9-8+. The second kappa shape index (κ2) is 6.86. The predicted octanol–water partition coefficient (Wildman–Crippen LogP) is 3.91. The average molecular weight is 324 g/mol. The minimum atomic E-state index is 0.0598. The second-order valence-electron chi connectivity index (χ2n) is 6.77. The summed E-state index contributed by atoms with van der Waals surface area (Å²) in [6.07, 6.45) is 5.67. The van der Waals surface area contributed by atoms with Gasteiger partial charge in [0.1, 0.15) is 5.15 Å². The first-order chi connectivity index (χ1) is 10.3. The van der Waals surface area contributed by atoms with E-state index < -0.39 is 0 Å². The third-order valence-electron chi connectivity index (χ3n) is 3.79. The molecule has 0 aliphatic heterocycles. The van der Waals surface area contributed by atoms with Crippen molar-refractivity contribution in [3.05, 3.63) is 22.5 Å². The van der Waals surface area contributed by atoms with Crippen molar-refractivity contribution in [3.63, 3.8) is 0 Å². The average Bonchev–Trinajstić information content (AvgIpc) is 3.17. The Morgan fingerprint density at radius 2 is 2.05 bits per heavy atom. The van der Waals surface area contributed by atoms with Crippen molar-refractivity contribution in [3.8, 4) is 0 Å². The smallest absolute Gasteiger partial charge is 0.247 e. The van der Waals surface area contributed by atoms with Gasteiger partial charge >= 0.3 is 0 Å². The Balaban J connectivity index is 2.15. The fourth-order valence-electron chi connectivity index (χ4n) is 2.67. The minimum Gasteiger partial charge on any atom is -0.334 e. The normalized spacial score (nSPS) is 15.3. The van der Waals surface area contributed by atoms with E-state index >= 15 is 0 Å². The van der Waals surface area contributed by atoms with Gasteiger partial charge in [-0.15, -0.1) is 0 Å². The Labute approximate surface area is 138 Å². The summed E-state index contributed by atoms with van der Waals surface area (Å²) in [5, 5.41) is 5.07. The minimum absolute atomic E-state index is 0.0598. The molecule has 22 heavy (non-hydrogen) atoms. The Kier molecular flexibility index (Phi) is 5.32. The molecule has 4 nitrogen and oxygen atoms in total. The van der Waals surface area contributed by atoms with Gasteiger partial charge in [-0.3, -0.25) is 9.48 Å². The SMILES string of the molecule is Cc1nn(CC(C)C)c(Cl)c1/C=C/C(=O)N(C(C)C)C1CC1. The molecule has 5 heteroatoms. The lowest BCUT2D eigenvalue weighted by molar-refractivity contribution is -0.128. The van der Waals surface area contributed by atoms with Crippen LogP contribution in [0.15, 0.2) is 6.08 Å². The summed E-state index contributed by atoms with van der Waals surface area (Å²) in [7, 11) is 0. The molecule has 0 atom stereocenters. The molecule has 1 amide bonds. The Hall–Kier alpha value is -1.29. The maximum Gasteiger partial charge on any atom is 0.247 e. The molecule has 1 heterocycles. The van der Waals surface area contributed by atoms with Crippen LogP contribution in [0.4, 0.5) is 0 Å². The highest BCUT2D eigenvalue weighted by molar-refractivity contribution is 6.31. The van der Waals surface area contributed by atoms with Gasteiger partial charge < -0.3 is 4.90 Å². The first kappa shape index (κ1) is 17.1. The van der Waals surface area contributed by atoms with E-state index in [0.29, 0.717) is 17.1 Å². The van der Waals surface area contributed by atoms with Crippen LogP contribution in [-0.4, -0.2) is 32.7 Å². The quantitative estimate of drug-likeness (QED) is 0.744. The van der Waals surface area contributed by atoms with E-state index in [1.54, 1.807) is 6.08 Å². The van der Waals surface area contributed by atoms with Gasteiger partial charge in [-0.2, -0.15) is 5.10 Å². The molecule has 1 fully saturated rings. The highest BCUT2D eigenvalue weighted by Crippen LogP contribution is 2.29. The van der Waals surface area contributed by atoms with E-state index in [1.165, 1.54) is 0 Å². The van der Waals surface area contributed by atoms with E-state index in [-0.39, 0.29) is 11.9 Å². The molecule has 122 valence electrons. The molecule has 0 aromatic carbocycles. The fraction of sp³-hybridized carbons (Fsp3) is 0.647. The zero-order valence-corrected chi connectivity index (χ0v) is 14.9. The first-order valence-electron chi connectivity index (χ1n) is 8.04. The zero-order chi connectivity index (χ0) is 16.4. The van der Waals surface area contributed by atoms with Gasteiger partial charge in [-0.25, -0.2) is 0 Å². The van der Waals surface area contributed by atoms with E-state index in [4.69, 9.17) is 11.6 Å². The van der Waals surface area contributed by atoms with Crippen LogP contribution in [0, 0.1) is 12.8 Å². The molecule has 0 saturated heterocycles. The summed E-state index contributed by atoms with van der Waals surface area (Å²) in [6, 6.07) is 0.641. The van der Waals surface area contributed by atoms with Crippen molar-refractivity contribution >= 4 is 23.6 Å². The lowest BCUT2D eigenvalue weighted by Gasteiger charge is -2.25. The maximum atomic E-state index is 12.4. The number of aryl methyl sites for hydroxylation is 1. The lowest BCUT2D eigenvalue weighted by Crippen LogP contribution is -2.37. The number of aromatic nitrogens is 2. The van der Waals surface area contributed by atoms with Gasteiger partial charge in [0.25, 0.3) is 0 Å². The van der Waals surface area contributed by atoms with Gasteiger partial charge in [0.05, 0.1) is 5.69 Å². The van der Waals surface area contributed by atoms with Gasteiger partial charge in [0, 0.05) is 30.3 Å². The summed E-state index contributed by atoms with van der Waals surface area (Å²) in [5.41, 5.74) is 1.70. The number of halogens is 1. The Morgan fingerprint density at radius 3 is 2.55 bits per heavy atom. The van der Waals surface area contributed by atoms with Crippen LogP contribution < -0.4 is 0 Å². The van der Waals surface area contributed by atoms with Crippen LogP contribution in [0.5, 0.6) is 0 Å². The highest BCUT2D eigenvalue weighted by atomic mass is 35.5. The maximum absolute atomic E-state index is 12.4. The Morgan fingerprint density at radius 1 is 1.41 bits per heavy atom. The van der Waals surface area contributed by atoms with Crippen molar-refractivity contribution in [1.82, 2.24) is 14.7 Å². The van der Waals surface area contributed by atoms with Crippen LogP contribution in [-0.2, 0) is 11.3 Å². The molecule has 0 unspecified atom stereocenters. The van der Waals surface area contributed by atoms with E-state index in [1.807, 2.05) is 22.6 Å². The van der Waals surface area contributed by atoms with Crippen LogP contribution in [0.2, 0.25) is 5.15 Å². The van der Waals surface area contributed by atoms with Crippen LogP contribution in [0.25, 0.3) is 6.08 Å². The number of amides is 1. The number of carbonyl (C=O) groups excluding carboxylic acids is 1. The number of hydrogen-bond donors (Lipinski definition) is 0. The third kappa shape index (κ3) is 3.92. The van der Waals surface area contributed by atoms with Crippen molar-refractivity contribution in [2.75, 3.05) is 0 Å².